The average Bonchev–Trinajstić information content (AvgIpc) is 2.75. The molecule has 3 unspecified atom stereocenters. The normalized spacial score (nSPS) is 23.4. The number of esters is 1. The fourth-order valence-electron chi connectivity index (χ4n) is 2.28. The summed E-state index contributed by atoms with van der Waals surface area (Å²) < 4.78 is 19.2. The Morgan fingerprint density at radius 2 is 2.17 bits per heavy atom. The standard InChI is InChI=1S/C13H13BrFN3O5/c1-6(19)23-11-7(15)5-18(13(21)22)10(11)12(20)17-9-4-2-3-8(14)16-9/h2-4,7,10-11H,5H2,1H3,(H,21,22)(H,16,17,20). The predicted octanol–water partition coefficient (Wildman–Crippen LogP) is 1.41. The van der Waals surface area contributed by atoms with Gasteiger partial charge in [0.15, 0.2) is 18.3 Å². The van der Waals surface area contributed by atoms with Crippen LogP contribution in [0.3, 0.4) is 0 Å². The second kappa shape index (κ2) is 6.90. The zero-order chi connectivity index (χ0) is 17.1. The number of likely N-dealkylation sites (tertiary alicyclic amines) is 1. The minimum Gasteiger partial charge on any atom is -0.465 e. The van der Waals surface area contributed by atoms with Crippen LogP contribution in [0.2, 0.25) is 0 Å². The predicted molar refractivity (Wildman–Crippen MR) is 79.5 cm³/mol. The first-order valence-corrected chi connectivity index (χ1v) is 7.33. The number of carbonyl (C=O) groups is 3. The fraction of sp³-hybridized carbons (Fsp3) is 0.385. The zero-order valence-corrected chi connectivity index (χ0v) is 13.5. The molecule has 2 heterocycles. The summed E-state index contributed by atoms with van der Waals surface area (Å²) in [6.07, 6.45) is -4.78. The Morgan fingerprint density at radius 3 is 2.74 bits per heavy atom. The van der Waals surface area contributed by atoms with Crippen LogP contribution in [0.5, 0.6) is 0 Å². The van der Waals surface area contributed by atoms with Crippen LogP contribution < -0.4 is 5.32 Å². The summed E-state index contributed by atoms with van der Waals surface area (Å²) in [5.74, 6) is -1.48. The van der Waals surface area contributed by atoms with Crippen molar-refractivity contribution in [3.63, 3.8) is 0 Å². The molecule has 0 aliphatic carbocycles. The maximum absolute atomic E-state index is 14.0. The summed E-state index contributed by atoms with van der Waals surface area (Å²) >= 11 is 3.13. The van der Waals surface area contributed by atoms with E-state index in [1.807, 2.05) is 0 Å². The molecule has 0 radical (unpaired) electrons. The molecule has 2 N–H and O–H groups in total. The topological polar surface area (TPSA) is 109 Å². The van der Waals surface area contributed by atoms with Crippen molar-refractivity contribution in [2.45, 2.75) is 25.2 Å². The third-order valence-corrected chi connectivity index (χ3v) is 3.60. The molecule has 10 heteroatoms. The van der Waals surface area contributed by atoms with E-state index in [1.54, 1.807) is 12.1 Å². The molecule has 1 aliphatic rings. The van der Waals surface area contributed by atoms with Gasteiger partial charge < -0.3 is 15.2 Å². The van der Waals surface area contributed by atoms with E-state index in [9.17, 15) is 18.8 Å². The first-order valence-electron chi connectivity index (χ1n) is 6.54. The number of pyridine rings is 1. The molecule has 23 heavy (non-hydrogen) atoms. The van der Waals surface area contributed by atoms with E-state index in [0.29, 0.717) is 9.50 Å². The van der Waals surface area contributed by atoms with Crippen LogP contribution in [0.4, 0.5) is 15.0 Å². The third-order valence-electron chi connectivity index (χ3n) is 3.16. The molecule has 124 valence electrons. The molecule has 1 aliphatic heterocycles. The largest absolute Gasteiger partial charge is 0.465 e. The maximum atomic E-state index is 14.0. The van der Waals surface area contributed by atoms with Gasteiger partial charge in [-0.2, -0.15) is 0 Å². The van der Waals surface area contributed by atoms with E-state index in [0.717, 1.165) is 6.92 Å². The number of nitrogens with one attached hydrogen (secondary N) is 1. The van der Waals surface area contributed by atoms with Crippen molar-refractivity contribution in [2.75, 3.05) is 11.9 Å². The minimum atomic E-state index is -1.79. The molecule has 0 spiro atoms. The average molecular weight is 390 g/mol. The number of hydrogen-bond donors (Lipinski definition) is 2. The molecule has 0 aromatic carbocycles. The van der Waals surface area contributed by atoms with E-state index in [4.69, 9.17) is 9.84 Å². The van der Waals surface area contributed by atoms with Gasteiger partial charge in [-0.25, -0.2) is 14.2 Å². The molecular formula is C13H13BrFN3O5. The highest BCUT2D eigenvalue weighted by Crippen LogP contribution is 2.25. The van der Waals surface area contributed by atoms with Crippen molar-refractivity contribution in [3.8, 4) is 0 Å². The van der Waals surface area contributed by atoms with E-state index in [-0.39, 0.29) is 5.82 Å². The third kappa shape index (κ3) is 3.95. The Bertz CT molecular complexity index is 644. The number of carboxylic acid groups (broad SMARTS) is 1. The molecular weight excluding hydrogens is 377 g/mol. The Labute approximate surface area is 138 Å². The highest BCUT2D eigenvalue weighted by Gasteiger charge is 2.50. The van der Waals surface area contributed by atoms with Gasteiger partial charge in [-0.1, -0.05) is 6.07 Å². The lowest BCUT2D eigenvalue weighted by Crippen LogP contribution is -2.48. The van der Waals surface area contributed by atoms with Gasteiger partial charge in [0.2, 0.25) is 0 Å². The summed E-state index contributed by atoms with van der Waals surface area (Å²) in [5.41, 5.74) is 0. The van der Waals surface area contributed by atoms with Crippen molar-refractivity contribution in [1.82, 2.24) is 9.88 Å². The number of rotatable bonds is 3. The lowest BCUT2D eigenvalue weighted by molar-refractivity contribution is -0.151. The van der Waals surface area contributed by atoms with Crippen molar-refractivity contribution in [3.05, 3.63) is 22.8 Å². The second-order valence-electron chi connectivity index (χ2n) is 4.80. The molecule has 2 rings (SSSR count). The van der Waals surface area contributed by atoms with Crippen molar-refractivity contribution in [1.29, 1.82) is 0 Å². The fourth-order valence-corrected chi connectivity index (χ4v) is 2.62. The molecule has 1 aromatic rings. The summed E-state index contributed by atoms with van der Waals surface area (Å²) in [6, 6.07) is 3.23. The van der Waals surface area contributed by atoms with Gasteiger partial charge in [-0.3, -0.25) is 14.5 Å². The van der Waals surface area contributed by atoms with E-state index < -0.39 is 42.8 Å². The number of carbonyl (C=O) groups excluding carboxylic acids is 2. The van der Waals surface area contributed by atoms with Gasteiger partial charge in [-0.05, 0) is 28.1 Å². The second-order valence-corrected chi connectivity index (χ2v) is 5.62. The molecule has 1 aromatic heterocycles. The lowest BCUT2D eigenvalue weighted by atomic mass is 10.1. The van der Waals surface area contributed by atoms with Crippen LogP contribution in [0.15, 0.2) is 22.8 Å². The number of nitrogens with zero attached hydrogens (tertiary/aromatic N) is 2. The summed E-state index contributed by atoms with van der Waals surface area (Å²) in [5, 5.41) is 11.5. The number of aromatic nitrogens is 1. The number of hydrogen-bond acceptors (Lipinski definition) is 5. The van der Waals surface area contributed by atoms with Gasteiger partial charge >= 0.3 is 12.1 Å². The Balaban J connectivity index is 2.24. The quantitative estimate of drug-likeness (QED) is 0.597. The smallest absolute Gasteiger partial charge is 0.408 e. The van der Waals surface area contributed by atoms with Crippen LogP contribution in [-0.4, -0.2) is 57.8 Å². The molecule has 3 atom stereocenters. The minimum absolute atomic E-state index is 0.151. The summed E-state index contributed by atoms with van der Waals surface area (Å²) in [4.78, 5) is 39.2. The van der Waals surface area contributed by atoms with E-state index in [1.165, 1.54) is 6.07 Å². The molecule has 0 bridgehead atoms. The van der Waals surface area contributed by atoms with Crippen LogP contribution in [-0.2, 0) is 14.3 Å². The highest BCUT2D eigenvalue weighted by molar-refractivity contribution is 9.10. The van der Waals surface area contributed by atoms with Crippen molar-refractivity contribution in [2.24, 2.45) is 0 Å². The highest BCUT2D eigenvalue weighted by atomic mass is 79.9. The van der Waals surface area contributed by atoms with E-state index >= 15 is 0 Å². The van der Waals surface area contributed by atoms with Gasteiger partial charge in [0.05, 0.1) is 6.54 Å². The molecule has 1 fully saturated rings. The zero-order valence-electron chi connectivity index (χ0n) is 11.9. The number of alkyl halides is 1. The first kappa shape index (κ1) is 17.1. The van der Waals surface area contributed by atoms with Crippen LogP contribution in [0, 0.1) is 0 Å². The Kier molecular flexibility index (Phi) is 5.14. The Morgan fingerprint density at radius 1 is 1.48 bits per heavy atom. The first-order chi connectivity index (χ1) is 10.8. The molecule has 2 amide bonds. The SMILES string of the molecule is CC(=O)OC1C(F)CN(C(=O)O)C1C(=O)Nc1cccc(Br)n1. The number of halogens is 2. The number of amides is 2. The van der Waals surface area contributed by atoms with Crippen LogP contribution in [0.25, 0.3) is 0 Å². The number of anilines is 1. The Hall–Kier alpha value is -2.23. The summed E-state index contributed by atoms with van der Waals surface area (Å²) in [6.45, 7) is 0.498. The van der Waals surface area contributed by atoms with Gasteiger partial charge in [0.25, 0.3) is 5.91 Å². The van der Waals surface area contributed by atoms with Gasteiger partial charge in [-0.15, -0.1) is 0 Å². The van der Waals surface area contributed by atoms with E-state index in [2.05, 4.69) is 26.2 Å². The van der Waals surface area contributed by atoms with Crippen LogP contribution in [0.1, 0.15) is 6.92 Å². The molecule has 8 nitrogen and oxygen atoms in total. The molecule has 0 saturated carbocycles. The van der Waals surface area contributed by atoms with Crippen molar-refractivity contribution < 1.29 is 28.6 Å². The number of ether oxygens (including phenoxy) is 1. The van der Waals surface area contributed by atoms with Crippen LogP contribution >= 0.6 is 15.9 Å². The maximum Gasteiger partial charge on any atom is 0.408 e. The monoisotopic (exact) mass is 389 g/mol. The van der Waals surface area contributed by atoms with Gasteiger partial charge in [0.1, 0.15) is 10.4 Å². The molecule has 1 saturated heterocycles. The van der Waals surface area contributed by atoms with Gasteiger partial charge in [0, 0.05) is 6.92 Å². The lowest BCUT2D eigenvalue weighted by Gasteiger charge is -2.24. The van der Waals surface area contributed by atoms with Crippen molar-refractivity contribution >= 4 is 39.7 Å². The summed E-state index contributed by atoms with van der Waals surface area (Å²) in [7, 11) is 0.